The molecule has 0 radical (unpaired) electrons. The average Bonchev–Trinajstić information content (AvgIpc) is 2.85. The molecule has 0 aromatic heterocycles. The number of halogens is 1. The van der Waals surface area contributed by atoms with Gasteiger partial charge in [0.25, 0.3) is 0 Å². The van der Waals surface area contributed by atoms with Crippen LogP contribution in [0.1, 0.15) is 18.4 Å². The maximum Gasteiger partial charge on any atom is 0.100 e. The number of hydrogen-bond donors (Lipinski definition) is 0. The monoisotopic (exact) mass is 305 g/mol. The van der Waals surface area contributed by atoms with E-state index in [1.165, 1.54) is 31.6 Å². The first-order chi connectivity index (χ1) is 8.78. The van der Waals surface area contributed by atoms with Gasteiger partial charge in [-0.25, -0.2) is 0 Å². The van der Waals surface area contributed by atoms with Gasteiger partial charge in [0.05, 0.1) is 5.56 Å². The Labute approximate surface area is 116 Å². The molecule has 0 aliphatic carbocycles. The second-order valence-corrected chi connectivity index (χ2v) is 5.91. The van der Waals surface area contributed by atoms with Gasteiger partial charge in [0.1, 0.15) is 6.07 Å². The molecule has 1 atom stereocenters. The van der Waals surface area contributed by atoms with Crippen LogP contribution in [-0.4, -0.2) is 37.1 Å². The van der Waals surface area contributed by atoms with E-state index in [0.717, 1.165) is 23.6 Å². The highest BCUT2D eigenvalue weighted by molar-refractivity contribution is 9.10. The topological polar surface area (TPSA) is 30.3 Å². The van der Waals surface area contributed by atoms with E-state index in [2.05, 4.69) is 43.9 Å². The van der Waals surface area contributed by atoms with Crippen molar-refractivity contribution in [2.45, 2.75) is 18.9 Å². The van der Waals surface area contributed by atoms with E-state index < -0.39 is 0 Å². The molecular formula is C14H16BrN3. The van der Waals surface area contributed by atoms with Crippen molar-refractivity contribution in [2.24, 2.45) is 0 Å². The van der Waals surface area contributed by atoms with E-state index in [-0.39, 0.29) is 0 Å². The molecule has 0 N–H and O–H groups in total. The summed E-state index contributed by atoms with van der Waals surface area (Å²) in [6, 6.07) is 8.96. The molecule has 94 valence electrons. The second kappa shape index (κ2) is 4.91. The van der Waals surface area contributed by atoms with Gasteiger partial charge in [-0.1, -0.05) is 0 Å². The van der Waals surface area contributed by atoms with Crippen LogP contribution >= 0.6 is 15.9 Å². The van der Waals surface area contributed by atoms with Gasteiger partial charge >= 0.3 is 0 Å². The maximum absolute atomic E-state index is 8.94. The van der Waals surface area contributed by atoms with Crippen molar-refractivity contribution in [1.82, 2.24) is 4.90 Å². The van der Waals surface area contributed by atoms with Crippen LogP contribution in [0.15, 0.2) is 22.7 Å². The van der Waals surface area contributed by atoms with Crippen LogP contribution in [0.5, 0.6) is 0 Å². The lowest BCUT2D eigenvalue weighted by Gasteiger charge is -2.38. The number of piperazine rings is 1. The zero-order valence-corrected chi connectivity index (χ0v) is 11.9. The van der Waals surface area contributed by atoms with Crippen LogP contribution < -0.4 is 4.90 Å². The Morgan fingerprint density at radius 1 is 1.28 bits per heavy atom. The Kier molecular flexibility index (Phi) is 3.27. The fourth-order valence-electron chi connectivity index (χ4n) is 3.02. The second-order valence-electron chi connectivity index (χ2n) is 5.05. The summed E-state index contributed by atoms with van der Waals surface area (Å²) in [7, 11) is 0. The number of benzene rings is 1. The number of rotatable bonds is 1. The molecule has 0 saturated carbocycles. The first-order valence-electron chi connectivity index (χ1n) is 6.46. The maximum atomic E-state index is 8.94. The van der Waals surface area contributed by atoms with E-state index in [1.54, 1.807) is 0 Å². The third-order valence-corrected chi connectivity index (χ3v) is 4.68. The summed E-state index contributed by atoms with van der Waals surface area (Å²) < 4.78 is 0.899. The fourth-order valence-corrected chi connectivity index (χ4v) is 3.47. The number of fused-ring (bicyclic) bond motifs is 1. The van der Waals surface area contributed by atoms with Crippen LogP contribution in [0.4, 0.5) is 5.69 Å². The molecule has 0 amide bonds. The molecule has 1 aromatic rings. The van der Waals surface area contributed by atoms with Crippen molar-refractivity contribution in [3.63, 3.8) is 0 Å². The molecule has 1 unspecified atom stereocenters. The lowest BCUT2D eigenvalue weighted by molar-refractivity contribution is 0.231. The quantitative estimate of drug-likeness (QED) is 0.799. The minimum atomic E-state index is 0.707. The number of anilines is 1. The molecule has 1 aromatic carbocycles. The zero-order chi connectivity index (χ0) is 12.5. The molecule has 2 heterocycles. The van der Waals surface area contributed by atoms with E-state index in [4.69, 9.17) is 5.26 Å². The SMILES string of the molecule is N#Cc1ccc(N2CCN3CCCC3C2)cc1Br. The third kappa shape index (κ3) is 2.13. The summed E-state index contributed by atoms with van der Waals surface area (Å²) in [6.45, 7) is 4.66. The van der Waals surface area contributed by atoms with Crippen LogP contribution in [-0.2, 0) is 0 Å². The standard InChI is InChI=1S/C14H16BrN3/c15-14-8-12(4-3-11(14)9-16)18-7-6-17-5-1-2-13(17)10-18/h3-4,8,13H,1-2,5-7,10H2. The van der Waals surface area contributed by atoms with Crippen LogP contribution in [0, 0.1) is 11.3 Å². The van der Waals surface area contributed by atoms with Gasteiger partial charge in [-0.3, -0.25) is 4.90 Å². The summed E-state index contributed by atoms with van der Waals surface area (Å²) in [6.07, 6.45) is 2.67. The highest BCUT2D eigenvalue weighted by Crippen LogP contribution is 2.28. The van der Waals surface area contributed by atoms with Crippen molar-refractivity contribution >= 4 is 21.6 Å². The molecule has 2 aliphatic heterocycles. The predicted molar refractivity (Wildman–Crippen MR) is 75.7 cm³/mol. The van der Waals surface area contributed by atoms with Gasteiger partial charge in [0, 0.05) is 35.8 Å². The number of hydrogen-bond acceptors (Lipinski definition) is 3. The highest BCUT2D eigenvalue weighted by Gasteiger charge is 2.30. The summed E-state index contributed by atoms with van der Waals surface area (Å²) in [4.78, 5) is 5.05. The number of nitriles is 1. The van der Waals surface area contributed by atoms with Crippen molar-refractivity contribution < 1.29 is 0 Å². The fraction of sp³-hybridized carbons (Fsp3) is 0.500. The summed E-state index contributed by atoms with van der Waals surface area (Å²) in [5.41, 5.74) is 1.94. The number of nitrogens with zero attached hydrogens (tertiary/aromatic N) is 3. The summed E-state index contributed by atoms with van der Waals surface area (Å²) >= 11 is 3.47. The lowest BCUT2D eigenvalue weighted by atomic mass is 10.1. The van der Waals surface area contributed by atoms with Crippen molar-refractivity contribution in [3.8, 4) is 6.07 Å². The van der Waals surface area contributed by atoms with Gasteiger partial charge < -0.3 is 4.90 Å². The van der Waals surface area contributed by atoms with Crippen LogP contribution in [0.3, 0.4) is 0 Å². The minimum absolute atomic E-state index is 0.707. The largest absolute Gasteiger partial charge is 0.369 e. The van der Waals surface area contributed by atoms with Crippen LogP contribution in [0.25, 0.3) is 0 Å². The van der Waals surface area contributed by atoms with Gasteiger partial charge in [0.2, 0.25) is 0 Å². The molecule has 2 saturated heterocycles. The molecule has 3 nitrogen and oxygen atoms in total. The van der Waals surface area contributed by atoms with Gasteiger partial charge in [-0.05, 0) is 53.5 Å². The Morgan fingerprint density at radius 3 is 2.94 bits per heavy atom. The van der Waals surface area contributed by atoms with E-state index in [1.807, 2.05) is 6.07 Å². The van der Waals surface area contributed by atoms with E-state index in [0.29, 0.717) is 5.56 Å². The van der Waals surface area contributed by atoms with E-state index >= 15 is 0 Å². The average molecular weight is 306 g/mol. The van der Waals surface area contributed by atoms with Crippen molar-refractivity contribution in [3.05, 3.63) is 28.2 Å². The van der Waals surface area contributed by atoms with Crippen LogP contribution in [0.2, 0.25) is 0 Å². The van der Waals surface area contributed by atoms with Gasteiger partial charge in [-0.15, -0.1) is 0 Å². The molecule has 0 spiro atoms. The predicted octanol–water partition coefficient (Wildman–Crippen LogP) is 2.61. The molecule has 0 bridgehead atoms. The molecule has 18 heavy (non-hydrogen) atoms. The minimum Gasteiger partial charge on any atom is -0.369 e. The molecule has 4 heteroatoms. The highest BCUT2D eigenvalue weighted by atomic mass is 79.9. The van der Waals surface area contributed by atoms with Crippen molar-refractivity contribution in [2.75, 3.05) is 31.1 Å². The molecule has 2 fully saturated rings. The Hall–Kier alpha value is -1.05. The third-order valence-electron chi connectivity index (χ3n) is 4.03. The normalized spacial score (nSPS) is 23.8. The Bertz CT molecular complexity index is 494. The molecule has 3 rings (SSSR count). The van der Waals surface area contributed by atoms with Crippen molar-refractivity contribution in [1.29, 1.82) is 5.26 Å². The summed E-state index contributed by atoms with van der Waals surface area (Å²) in [5.74, 6) is 0. The molecular weight excluding hydrogens is 290 g/mol. The lowest BCUT2D eigenvalue weighted by Crippen LogP contribution is -2.50. The van der Waals surface area contributed by atoms with E-state index in [9.17, 15) is 0 Å². The van der Waals surface area contributed by atoms with Gasteiger partial charge in [0.15, 0.2) is 0 Å². The molecule has 2 aliphatic rings. The smallest absolute Gasteiger partial charge is 0.100 e. The van der Waals surface area contributed by atoms with Gasteiger partial charge in [-0.2, -0.15) is 5.26 Å². The summed E-state index contributed by atoms with van der Waals surface area (Å²) in [5, 5.41) is 8.94. The Morgan fingerprint density at radius 2 is 2.17 bits per heavy atom. The first kappa shape index (κ1) is 12.0. The zero-order valence-electron chi connectivity index (χ0n) is 10.3. The first-order valence-corrected chi connectivity index (χ1v) is 7.26. The Balaban J connectivity index is 1.79.